The number of rotatable bonds is 4. The van der Waals surface area contributed by atoms with E-state index in [1.807, 2.05) is 0 Å². The Balaban J connectivity index is 2.28. The van der Waals surface area contributed by atoms with Gasteiger partial charge in [-0.1, -0.05) is 23.6 Å². The molecular weight excluding hydrogens is 322 g/mol. The van der Waals surface area contributed by atoms with Crippen molar-refractivity contribution in [2.24, 2.45) is 5.73 Å². The van der Waals surface area contributed by atoms with E-state index in [0.717, 1.165) is 11.3 Å². The van der Waals surface area contributed by atoms with Crippen LogP contribution in [0.5, 0.6) is 0 Å². The van der Waals surface area contributed by atoms with Gasteiger partial charge in [-0.2, -0.15) is 4.31 Å². The van der Waals surface area contributed by atoms with Gasteiger partial charge in [-0.3, -0.25) is 4.79 Å². The molecule has 1 aromatic heterocycles. The summed E-state index contributed by atoms with van der Waals surface area (Å²) in [6, 6.07) is -0.483. The molecule has 0 bridgehead atoms. The number of nitrogens with two attached hydrogens (primary N) is 1. The zero-order valence-electron chi connectivity index (χ0n) is 10.6. The number of amides is 1. The van der Waals surface area contributed by atoms with Crippen LogP contribution in [-0.2, 0) is 14.8 Å². The number of anilines is 1. The van der Waals surface area contributed by atoms with Gasteiger partial charge in [0.1, 0.15) is 0 Å². The van der Waals surface area contributed by atoms with E-state index in [2.05, 4.69) is 15.5 Å². The molecule has 3 N–H and O–H groups in total. The van der Waals surface area contributed by atoms with Crippen molar-refractivity contribution >= 4 is 49.6 Å². The van der Waals surface area contributed by atoms with Crippen LogP contribution >= 0.6 is 23.6 Å². The second-order valence-corrected chi connectivity index (χ2v) is 7.74. The molecule has 20 heavy (non-hydrogen) atoms. The summed E-state index contributed by atoms with van der Waals surface area (Å²) in [5.41, 5.74) is 5.57. The Morgan fingerprint density at radius 3 is 2.85 bits per heavy atom. The first kappa shape index (κ1) is 15.2. The van der Waals surface area contributed by atoms with Crippen LogP contribution in [0.25, 0.3) is 0 Å². The maximum Gasteiger partial charge on any atom is 0.273 e. The van der Waals surface area contributed by atoms with Crippen LogP contribution < -0.4 is 11.1 Å². The third kappa shape index (κ3) is 2.95. The minimum Gasteiger partial charge on any atom is -0.392 e. The molecule has 11 heteroatoms. The van der Waals surface area contributed by atoms with E-state index in [4.69, 9.17) is 18.0 Å². The lowest BCUT2D eigenvalue weighted by atomic mass is 10.2. The van der Waals surface area contributed by atoms with Gasteiger partial charge in [-0.15, -0.1) is 10.2 Å². The van der Waals surface area contributed by atoms with Crippen LogP contribution in [-0.4, -0.2) is 46.4 Å². The third-order valence-corrected chi connectivity index (χ3v) is 6.12. The standard InChI is InChI=1S/C9H13N5O3S3/c1-5(15)11-8-12-13-9(19-8)20(16,17)14-4-2-3-6(14)7(10)18/h6H,2-4H2,1H3,(H2,10,18)(H,11,12,15). The largest absolute Gasteiger partial charge is 0.392 e. The molecule has 1 saturated heterocycles. The topological polar surface area (TPSA) is 118 Å². The normalized spacial score (nSPS) is 19.9. The Morgan fingerprint density at radius 1 is 1.55 bits per heavy atom. The average Bonchev–Trinajstić information content (AvgIpc) is 2.95. The Labute approximate surface area is 125 Å². The molecule has 1 unspecified atom stereocenters. The van der Waals surface area contributed by atoms with Gasteiger partial charge in [0.05, 0.1) is 11.0 Å². The van der Waals surface area contributed by atoms with Gasteiger partial charge in [0, 0.05) is 13.5 Å². The van der Waals surface area contributed by atoms with Gasteiger partial charge >= 0.3 is 0 Å². The summed E-state index contributed by atoms with van der Waals surface area (Å²) in [6.45, 7) is 1.65. The van der Waals surface area contributed by atoms with Gasteiger partial charge < -0.3 is 11.1 Å². The number of sulfonamides is 1. The summed E-state index contributed by atoms with van der Waals surface area (Å²) < 4.78 is 26.0. The number of nitrogens with zero attached hydrogens (tertiary/aromatic N) is 3. The SMILES string of the molecule is CC(=O)Nc1nnc(S(=O)(=O)N2CCCC2C(N)=S)s1. The molecule has 1 aliphatic rings. The van der Waals surface area contributed by atoms with Crippen LogP contribution in [0.15, 0.2) is 4.34 Å². The van der Waals surface area contributed by atoms with E-state index < -0.39 is 16.1 Å². The zero-order valence-corrected chi connectivity index (χ0v) is 13.0. The zero-order chi connectivity index (χ0) is 14.9. The molecule has 110 valence electrons. The summed E-state index contributed by atoms with van der Waals surface area (Å²) in [4.78, 5) is 11.1. The molecule has 0 radical (unpaired) electrons. The highest BCUT2D eigenvalue weighted by atomic mass is 32.2. The fourth-order valence-corrected chi connectivity index (χ4v) is 4.98. The summed E-state index contributed by atoms with van der Waals surface area (Å²) in [7, 11) is -3.79. The van der Waals surface area contributed by atoms with E-state index in [0.29, 0.717) is 19.4 Å². The molecule has 1 atom stereocenters. The maximum absolute atomic E-state index is 12.5. The van der Waals surface area contributed by atoms with Gasteiger partial charge in [-0.25, -0.2) is 8.42 Å². The summed E-state index contributed by atoms with van der Waals surface area (Å²) >= 11 is 5.70. The number of hydrogen-bond donors (Lipinski definition) is 2. The molecule has 0 saturated carbocycles. The highest BCUT2D eigenvalue weighted by Crippen LogP contribution is 2.29. The van der Waals surface area contributed by atoms with E-state index in [-0.39, 0.29) is 20.4 Å². The Kier molecular flexibility index (Phi) is 4.32. The van der Waals surface area contributed by atoms with Crippen molar-refractivity contribution in [3.8, 4) is 0 Å². The highest BCUT2D eigenvalue weighted by molar-refractivity contribution is 7.91. The Morgan fingerprint density at radius 2 is 2.25 bits per heavy atom. The maximum atomic E-state index is 12.5. The highest BCUT2D eigenvalue weighted by Gasteiger charge is 2.38. The van der Waals surface area contributed by atoms with Crippen molar-refractivity contribution in [1.29, 1.82) is 0 Å². The lowest BCUT2D eigenvalue weighted by Gasteiger charge is -2.21. The number of hydrogen-bond acceptors (Lipinski definition) is 7. The fraction of sp³-hybridized carbons (Fsp3) is 0.556. The molecule has 0 spiro atoms. The van der Waals surface area contributed by atoms with Crippen molar-refractivity contribution in [3.05, 3.63) is 0 Å². The number of carbonyl (C=O) groups is 1. The average molecular weight is 335 g/mol. The Bertz CT molecular complexity index is 641. The summed E-state index contributed by atoms with van der Waals surface area (Å²) in [6.07, 6.45) is 1.30. The van der Waals surface area contributed by atoms with Crippen LogP contribution in [0.2, 0.25) is 0 Å². The Hall–Kier alpha value is -1.17. The first-order valence-electron chi connectivity index (χ1n) is 5.74. The van der Waals surface area contributed by atoms with E-state index in [9.17, 15) is 13.2 Å². The predicted octanol–water partition coefficient (Wildman–Crippen LogP) is -0.0643. The molecule has 2 rings (SSSR count). The summed E-state index contributed by atoms with van der Waals surface area (Å²) in [5.74, 6) is -0.340. The molecular formula is C9H13N5O3S3. The molecule has 1 fully saturated rings. The molecule has 2 heterocycles. The van der Waals surface area contributed by atoms with Crippen molar-refractivity contribution in [3.63, 3.8) is 0 Å². The molecule has 1 amide bonds. The monoisotopic (exact) mass is 335 g/mol. The van der Waals surface area contributed by atoms with E-state index in [1.165, 1.54) is 11.2 Å². The van der Waals surface area contributed by atoms with Crippen molar-refractivity contribution in [1.82, 2.24) is 14.5 Å². The second kappa shape index (κ2) is 5.68. The van der Waals surface area contributed by atoms with Crippen molar-refractivity contribution in [2.45, 2.75) is 30.1 Å². The van der Waals surface area contributed by atoms with Gasteiger partial charge in [0.15, 0.2) is 0 Å². The number of nitrogens with one attached hydrogen (secondary N) is 1. The second-order valence-electron chi connectivity index (χ2n) is 4.23. The van der Waals surface area contributed by atoms with Crippen molar-refractivity contribution in [2.75, 3.05) is 11.9 Å². The summed E-state index contributed by atoms with van der Waals surface area (Å²) in [5, 5.41) is 9.79. The van der Waals surface area contributed by atoms with Crippen LogP contribution in [0.1, 0.15) is 19.8 Å². The lowest BCUT2D eigenvalue weighted by Crippen LogP contribution is -2.42. The smallest absolute Gasteiger partial charge is 0.273 e. The van der Waals surface area contributed by atoms with Crippen LogP contribution in [0.4, 0.5) is 5.13 Å². The molecule has 0 aromatic carbocycles. The fourth-order valence-electron chi connectivity index (χ4n) is 1.93. The number of aromatic nitrogens is 2. The number of carbonyl (C=O) groups excluding carboxylic acids is 1. The van der Waals surface area contributed by atoms with Crippen LogP contribution in [0, 0.1) is 0 Å². The molecule has 0 aliphatic carbocycles. The van der Waals surface area contributed by atoms with Crippen molar-refractivity contribution < 1.29 is 13.2 Å². The first-order chi connectivity index (χ1) is 9.32. The predicted molar refractivity (Wildman–Crippen MR) is 77.9 cm³/mol. The van der Waals surface area contributed by atoms with Gasteiger partial charge in [0.25, 0.3) is 10.0 Å². The first-order valence-corrected chi connectivity index (χ1v) is 8.41. The molecule has 8 nitrogen and oxygen atoms in total. The molecule has 1 aliphatic heterocycles. The minimum atomic E-state index is -3.79. The third-order valence-electron chi connectivity index (χ3n) is 2.75. The molecule has 1 aromatic rings. The lowest BCUT2D eigenvalue weighted by molar-refractivity contribution is -0.114. The van der Waals surface area contributed by atoms with E-state index >= 15 is 0 Å². The number of thiocarbonyl (C=S) groups is 1. The van der Waals surface area contributed by atoms with Crippen LogP contribution in [0.3, 0.4) is 0 Å². The van der Waals surface area contributed by atoms with Gasteiger partial charge in [-0.05, 0) is 12.8 Å². The van der Waals surface area contributed by atoms with Gasteiger partial charge in [0.2, 0.25) is 15.4 Å². The van der Waals surface area contributed by atoms with E-state index in [1.54, 1.807) is 0 Å². The quantitative estimate of drug-likeness (QED) is 0.584. The minimum absolute atomic E-state index is 0.141.